The van der Waals surface area contributed by atoms with E-state index in [0.29, 0.717) is 6.04 Å². The standard InChI is InChI=1S/C24H23N5S/c1-15(2)26-13-16-3-5-17(6-4-16)22-12-21-23(30-22)24(28-14-27-21)29-19-7-8-20-18(11-19)9-10-25-20/h3-12,14-15,25-26H,13H2,1-2H3,(H,27,28,29). The molecule has 0 atom stereocenters. The van der Waals surface area contributed by atoms with Gasteiger partial charge in [-0.05, 0) is 41.5 Å². The lowest BCUT2D eigenvalue weighted by molar-refractivity contribution is 0.589. The Morgan fingerprint density at radius 1 is 1.00 bits per heavy atom. The molecule has 5 aromatic rings. The summed E-state index contributed by atoms with van der Waals surface area (Å²) in [5.74, 6) is 0.837. The summed E-state index contributed by atoms with van der Waals surface area (Å²) in [5, 5.41) is 8.09. The third-order valence-corrected chi connectivity index (χ3v) is 6.26. The van der Waals surface area contributed by atoms with Crippen LogP contribution in [0.2, 0.25) is 0 Å². The number of H-pyrrole nitrogens is 1. The summed E-state index contributed by atoms with van der Waals surface area (Å²) in [6.45, 7) is 5.21. The number of aromatic nitrogens is 3. The van der Waals surface area contributed by atoms with E-state index in [0.717, 1.165) is 33.8 Å². The first-order valence-electron chi connectivity index (χ1n) is 10.1. The molecule has 0 aliphatic heterocycles. The van der Waals surface area contributed by atoms with Gasteiger partial charge in [0.15, 0.2) is 5.82 Å². The van der Waals surface area contributed by atoms with Gasteiger partial charge in [-0.2, -0.15) is 0 Å². The van der Waals surface area contributed by atoms with Crippen molar-refractivity contribution in [2.75, 3.05) is 5.32 Å². The zero-order valence-electron chi connectivity index (χ0n) is 16.9. The lowest BCUT2D eigenvalue weighted by atomic mass is 10.1. The normalized spacial score (nSPS) is 11.6. The van der Waals surface area contributed by atoms with Crippen LogP contribution in [-0.4, -0.2) is 21.0 Å². The molecule has 0 saturated heterocycles. The molecule has 0 spiro atoms. The van der Waals surface area contributed by atoms with Gasteiger partial charge in [-0.15, -0.1) is 11.3 Å². The molecule has 0 aliphatic rings. The Labute approximate surface area is 179 Å². The van der Waals surface area contributed by atoms with E-state index in [2.05, 4.69) is 94.0 Å². The molecule has 0 aliphatic carbocycles. The number of nitrogens with one attached hydrogen (secondary N) is 3. The molecule has 0 unspecified atom stereocenters. The molecule has 2 aromatic carbocycles. The van der Waals surface area contributed by atoms with Crippen LogP contribution in [0.3, 0.4) is 0 Å². The van der Waals surface area contributed by atoms with Crippen molar-refractivity contribution in [2.24, 2.45) is 0 Å². The third kappa shape index (κ3) is 3.79. The van der Waals surface area contributed by atoms with Crippen molar-refractivity contribution in [3.8, 4) is 10.4 Å². The van der Waals surface area contributed by atoms with E-state index in [-0.39, 0.29) is 0 Å². The van der Waals surface area contributed by atoms with Crippen LogP contribution in [0.5, 0.6) is 0 Å². The molecule has 0 saturated carbocycles. The van der Waals surface area contributed by atoms with Crippen LogP contribution < -0.4 is 10.6 Å². The molecule has 3 N–H and O–H groups in total. The molecule has 0 radical (unpaired) electrons. The molecule has 6 heteroatoms. The Bertz CT molecular complexity index is 1300. The molecular weight excluding hydrogens is 390 g/mol. The van der Waals surface area contributed by atoms with Crippen molar-refractivity contribution in [1.29, 1.82) is 0 Å². The Balaban J connectivity index is 1.43. The Morgan fingerprint density at radius 2 is 1.87 bits per heavy atom. The summed E-state index contributed by atoms with van der Waals surface area (Å²) in [6.07, 6.45) is 3.57. The van der Waals surface area contributed by atoms with E-state index < -0.39 is 0 Å². The van der Waals surface area contributed by atoms with Gasteiger partial charge >= 0.3 is 0 Å². The zero-order valence-corrected chi connectivity index (χ0v) is 17.8. The number of hydrogen-bond acceptors (Lipinski definition) is 5. The number of benzene rings is 2. The molecule has 5 rings (SSSR count). The predicted octanol–water partition coefficient (Wildman–Crippen LogP) is 6.08. The average molecular weight is 414 g/mol. The fourth-order valence-electron chi connectivity index (χ4n) is 3.46. The summed E-state index contributed by atoms with van der Waals surface area (Å²) in [4.78, 5) is 13.4. The summed E-state index contributed by atoms with van der Waals surface area (Å²) >= 11 is 1.72. The van der Waals surface area contributed by atoms with Crippen LogP contribution in [-0.2, 0) is 6.54 Å². The van der Waals surface area contributed by atoms with Gasteiger partial charge in [-0.1, -0.05) is 38.1 Å². The Morgan fingerprint density at radius 3 is 2.70 bits per heavy atom. The molecule has 3 heterocycles. The van der Waals surface area contributed by atoms with E-state index in [4.69, 9.17) is 0 Å². The van der Waals surface area contributed by atoms with Gasteiger partial charge < -0.3 is 15.6 Å². The highest BCUT2D eigenvalue weighted by atomic mass is 32.1. The summed E-state index contributed by atoms with van der Waals surface area (Å²) in [7, 11) is 0. The second-order valence-electron chi connectivity index (χ2n) is 7.68. The van der Waals surface area contributed by atoms with Gasteiger partial charge in [0.25, 0.3) is 0 Å². The number of nitrogens with zero attached hydrogens (tertiary/aromatic N) is 2. The minimum absolute atomic E-state index is 0.481. The lowest BCUT2D eigenvalue weighted by Gasteiger charge is -2.08. The summed E-state index contributed by atoms with van der Waals surface area (Å²) in [6, 6.07) is 19.7. The van der Waals surface area contributed by atoms with Gasteiger partial charge in [0.2, 0.25) is 0 Å². The van der Waals surface area contributed by atoms with Crippen LogP contribution in [0.25, 0.3) is 31.6 Å². The molecule has 30 heavy (non-hydrogen) atoms. The van der Waals surface area contributed by atoms with Crippen molar-refractivity contribution in [1.82, 2.24) is 20.3 Å². The minimum atomic E-state index is 0.481. The van der Waals surface area contributed by atoms with E-state index in [9.17, 15) is 0 Å². The highest BCUT2D eigenvalue weighted by molar-refractivity contribution is 7.22. The highest BCUT2D eigenvalue weighted by Crippen LogP contribution is 2.36. The Hall–Kier alpha value is -3.22. The number of rotatable bonds is 6. The second kappa shape index (κ2) is 7.89. The number of fused-ring (bicyclic) bond motifs is 2. The SMILES string of the molecule is CC(C)NCc1ccc(-c2cc3ncnc(Nc4ccc5[nH]ccc5c4)c3s2)cc1. The fourth-order valence-corrected chi connectivity index (χ4v) is 4.52. The van der Waals surface area contributed by atoms with Gasteiger partial charge in [0, 0.05) is 40.3 Å². The maximum atomic E-state index is 4.50. The second-order valence-corrected chi connectivity index (χ2v) is 8.74. The van der Waals surface area contributed by atoms with Gasteiger partial charge in [-0.25, -0.2) is 9.97 Å². The highest BCUT2D eigenvalue weighted by Gasteiger charge is 2.11. The van der Waals surface area contributed by atoms with Crippen molar-refractivity contribution < 1.29 is 0 Å². The molecule has 0 amide bonds. The van der Waals surface area contributed by atoms with Gasteiger partial charge in [-0.3, -0.25) is 0 Å². The molecule has 5 nitrogen and oxygen atoms in total. The maximum Gasteiger partial charge on any atom is 0.151 e. The van der Waals surface area contributed by atoms with Crippen LogP contribution in [0, 0.1) is 0 Å². The first kappa shape index (κ1) is 18.8. The molecule has 150 valence electrons. The zero-order chi connectivity index (χ0) is 20.5. The van der Waals surface area contributed by atoms with Gasteiger partial charge in [0.05, 0.1) is 10.2 Å². The van der Waals surface area contributed by atoms with Crippen LogP contribution >= 0.6 is 11.3 Å². The van der Waals surface area contributed by atoms with Crippen molar-refractivity contribution in [3.63, 3.8) is 0 Å². The largest absolute Gasteiger partial charge is 0.361 e. The number of hydrogen-bond donors (Lipinski definition) is 3. The number of anilines is 2. The maximum absolute atomic E-state index is 4.50. The minimum Gasteiger partial charge on any atom is -0.361 e. The quantitative estimate of drug-likeness (QED) is 0.316. The third-order valence-electron chi connectivity index (χ3n) is 5.08. The van der Waals surface area contributed by atoms with Crippen LogP contribution in [0.15, 0.2) is 67.1 Å². The van der Waals surface area contributed by atoms with E-state index in [1.54, 1.807) is 17.7 Å². The summed E-state index contributed by atoms with van der Waals surface area (Å²) < 4.78 is 1.06. The molecule has 0 bridgehead atoms. The monoisotopic (exact) mass is 413 g/mol. The summed E-state index contributed by atoms with van der Waals surface area (Å²) in [5.41, 5.74) is 5.58. The number of aromatic amines is 1. The van der Waals surface area contributed by atoms with Crippen LogP contribution in [0.4, 0.5) is 11.5 Å². The first-order valence-corrected chi connectivity index (χ1v) is 10.9. The van der Waals surface area contributed by atoms with Crippen LogP contribution in [0.1, 0.15) is 19.4 Å². The van der Waals surface area contributed by atoms with E-state index in [1.807, 2.05) is 6.20 Å². The van der Waals surface area contributed by atoms with Crippen molar-refractivity contribution >= 4 is 44.0 Å². The molecule has 0 fully saturated rings. The van der Waals surface area contributed by atoms with E-state index >= 15 is 0 Å². The molecular formula is C24H23N5S. The predicted molar refractivity (Wildman–Crippen MR) is 126 cm³/mol. The Kier molecular flexibility index (Phi) is 4.94. The first-order chi connectivity index (χ1) is 14.7. The van der Waals surface area contributed by atoms with E-state index in [1.165, 1.54) is 21.4 Å². The topological polar surface area (TPSA) is 65.6 Å². The number of thiophene rings is 1. The smallest absolute Gasteiger partial charge is 0.151 e. The van der Waals surface area contributed by atoms with Crippen molar-refractivity contribution in [2.45, 2.75) is 26.4 Å². The average Bonchev–Trinajstić information content (AvgIpc) is 3.39. The molecule has 3 aromatic heterocycles. The van der Waals surface area contributed by atoms with Crippen molar-refractivity contribution in [3.05, 3.63) is 72.7 Å². The lowest BCUT2D eigenvalue weighted by Crippen LogP contribution is -2.21. The van der Waals surface area contributed by atoms with Gasteiger partial charge in [0.1, 0.15) is 6.33 Å². The fraction of sp³-hybridized carbons (Fsp3) is 0.167.